The van der Waals surface area contributed by atoms with Gasteiger partial charge in [-0.2, -0.15) is 0 Å². The molecule has 0 radical (unpaired) electrons. The SMILES string of the molecule is CCn1c(=O)c2ccccc2n2c(Cn3cc(C(=O)OC)cc([N+](=O)[O-])c3=O)nnc12. The first-order valence-electron chi connectivity index (χ1n) is 9.20. The van der Waals surface area contributed by atoms with E-state index in [4.69, 9.17) is 0 Å². The van der Waals surface area contributed by atoms with Gasteiger partial charge in [0.1, 0.15) is 0 Å². The van der Waals surface area contributed by atoms with Crippen molar-refractivity contribution >= 4 is 28.3 Å². The summed E-state index contributed by atoms with van der Waals surface area (Å²) in [5.41, 5.74) is -1.54. The minimum Gasteiger partial charge on any atom is -0.465 e. The van der Waals surface area contributed by atoms with E-state index in [1.165, 1.54) is 10.8 Å². The number of pyridine rings is 1. The standard InChI is InChI=1S/C19H16N6O6/c1-3-23-16(26)12-6-4-5-7-13(12)24-15(20-21-19(23)24)10-22-9-11(18(28)31-2)8-14(17(22)27)25(29)30/h4-9H,3,10H2,1-2H3. The molecular formula is C19H16N6O6. The Morgan fingerprint density at radius 3 is 2.61 bits per heavy atom. The van der Waals surface area contributed by atoms with Crippen molar-refractivity contribution in [3.63, 3.8) is 0 Å². The number of benzene rings is 1. The summed E-state index contributed by atoms with van der Waals surface area (Å²) in [6, 6.07) is 7.73. The molecule has 3 aromatic heterocycles. The topological polar surface area (TPSA) is 144 Å². The van der Waals surface area contributed by atoms with Crippen LogP contribution in [0.25, 0.3) is 16.7 Å². The Morgan fingerprint density at radius 1 is 1.19 bits per heavy atom. The van der Waals surface area contributed by atoms with Gasteiger partial charge in [-0.3, -0.25) is 28.7 Å². The molecular weight excluding hydrogens is 408 g/mol. The molecule has 0 aliphatic heterocycles. The van der Waals surface area contributed by atoms with Crippen LogP contribution >= 0.6 is 0 Å². The maximum Gasteiger partial charge on any atom is 0.339 e. The second-order valence-corrected chi connectivity index (χ2v) is 6.61. The van der Waals surface area contributed by atoms with Crippen molar-refractivity contribution in [1.29, 1.82) is 0 Å². The second kappa shape index (κ2) is 7.48. The van der Waals surface area contributed by atoms with E-state index >= 15 is 0 Å². The van der Waals surface area contributed by atoms with E-state index in [1.54, 1.807) is 35.6 Å². The van der Waals surface area contributed by atoms with E-state index in [1.807, 2.05) is 0 Å². The van der Waals surface area contributed by atoms with Crippen LogP contribution in [0.15, 0.2) is 46.1 Å². The lowest BCUT2D eigenvalue weighted by molar-refractivity contribution is -0.386. The maximum atomic E-state index is 12.8. The number of nitro groups is 1. The van der Waals surface area contributed by atoms with Gasteiger partial charge in [0.15, 0.2) is 5.82 Å². The number of hydrogen-bond donors (Lipinski definition) is 0. The highest BCUT2D eigenvalue weighted by Gasteiger charge is 2.22. The van der Waals surface area contributed by atoms with Gasteiger partial charge < -0.3 is 9.30 Å². The van der Waals surface area contributed by atoms with E-state index in [9.17, 15) is 24.5 Å². The van der Waals surface area contributed by atoms with Gasteiger partial charge in [0.2, 0.25) is 5.78 Å². The van der Waals surface area contributed by atoms with Crippen LogP contribution < -0.4 is 11.1 Å². The van der Waals surface area contributed by atoms with Gasteiger partial charge in [0, 0.05) is 18.8 Å². The highest BCUT2D eigenvalue weighted by atomic mass is 16.6. The third-order valence-electron chi connectivity index (χ3n) is 4.89. The van der Waals surface area contributed by atoms with Crippen LogP contribution in [0.2, 0.25) is 0 Å². The zero-order valence-corrected chi connectivity index (χ0v) is 16.5. The Morgan fingerprint density at radius 2 is 1.94 bits per heavy atom. The molecule has 0 aliphatic rings. The molecule has 31 heavy (non-hydrogen) atoms. The number of methoxy groups -OCH3 is 1. The molecule has 4 aromatic rings. The number of hydrogen-bond acceptors (Lipinski definition) is 8. The summed E-state index contributed by atoms with van der Waals surface area (Å²) in [5, 5.41) is 19.9. The van der Waals surface area contributed by atoms with Gasteiger partial charge in [-0.05, 0) is 19.1 Å². The minimum absolute atomic E-state index is 0.155. The lowest BCUT2D eigenvalue weighted by atomic mass is 10.2. The lowest BCUT2D eigenvalue weighted by Crippen LogP contribution is -2.26. The van der Waals surface area contributed by atoms with Crippen molar-refractivity contribution in [2.45, 2.75) is 20.0 Å². The lowest BCUT2D eigenvalue weighted by Gasteiger charge is -2.11. The molecule has 3 heterocycles. The van der Waals surface area contributed by atoms with Crippen molar-refractivity contribution in [3.05, 3.63) is 78.7 Å². The normalized spacial score (nSPS) is 11.2. The van der Waals surface area contributed by atoms with Gasteiger partial charge in [0.25, 0.3) is 5.56 Å². The number of carbonyl (C=O) groups is 1. The van der Waals surface area contributed by atoms with E-state index in [2.05, 4.69) is 14.9 Å². The van der Waals surface area contributed by atoms with E-state index in [0.717, 1.165) is 17.7 Å². The van der Waals surface area contributed by atoms with Crippen molar-refractivity contribution in [3.8, 4) is 0 Å². The number of esters is 1. The monoisotopic (exact) mass is 424 g/mol. The van der Waals surface area contributed by atoms with Gasteiger partial charge >= 0.3 is 17.2 Å². The molecule has 0 saturated heterocycles. The predicted octanol–water partition coefficient (Wildman–Crippen LogP) is 0.969. The molecule has 12 nitrogen and oxygen atoms in total. The zero-order valence-electron chi connectivity index (χ0n) is 16.5. The third-order valence-corrected chi connectivity index (χ3v) is 4.89. The summed E-state index contributed by atoms with van der Waals surface area (Å²) in [7, 11) is 1.13. The number of aromatic nitrogens is 5. The fourth-order valence-corrected chi connectivity index (χ4v) is 3.45. The Hall–Kier alpha value is -4.35. The van der Waals surface area contributed by atoms with Crippen LogP contribution in [0.3, 0.4) is 0 Å². The van der Waals surface area contributed by atoms with E-state index in [-0.39, 0.29) is 29.3 Å². The predicted molar refractivity (Wildman–Crippen MR) is 108 cm³/mol. The molecule has 0 saturated carbocycles. The van der Waals surface area contributed by atoms with Crippen LogP contribution in [0.1, 0.15) is 23.1 Å². The van der Waals surface area contributed by atoms with Crippen molar-refractivity contribution < 1.29 is 14.5 Å². The summed E-state index contributed by atoms with van der Waals surface area (Å²) in [6.07, 6.45) is 1.17. The van der Waals surface area contributed by atoms with Crippen molar-refractivity contribution in [2.75, 3.05) is 7.11 Å². The summed E-state index contributed by atoms with van der Waals surface area (Å²) in [4.78, 5) is 47.8. The number of rotatable bonds is 5. The van der Waals surface area contributed by atoms with E-state index in [0.29, 0.717) is 17.4 Å². The Labute approximate surface area is 173 Å². The molecule has 1 aromatic carbocycles. The highest BCUT2D eigenvalue weighted by molar-refractivity contribution is 5.89. The van der Waals surface area contributed by atoms with Crippen LogP contribution in [-0.4, -0.2) is 41.7 Å². The van der Waals surface area contributed by atoms with Gasteiger partial charge in [-0.15, -0.1) is 10.2 Å². The molecule has 4 rings (SSSR count). The minimum atomic E-state index is -0.914. The first-order chi connectivity index (χ1) is 14.9. The largest absolute Gasteiger partial charge is 0.465 e. The summed E-state index contributed by atoms with van der Waals surface area (Å²) < 4.78 is 8.68. The first kappa shape index (κ1) is 19.9. The maximum absolute atomic E-state index is 12.8. The molecule has 0 fully saturated rings. The summed E-state index contributed by atoms with van der Waals surface area (Å²) >= 11 is 0. The van der Waals surface area contributed by atoms with E-state index < -0.39 is 22.1 Å². The summed E-state index contributed by atoms with van der Waals surface area (Å²) in [6.45, 7) is 1.91. The van der Waals surface area contributed by atoms with Crippen LogP contribution in [0.4, 0.5) is 5.69 Å². The number of nitrogens with zero attached hydrogens (tertiary/aromatic N) is 6. The second-order valence-electron chi connectivity index (χ2n) is 6.61. The highest BCUT2D eigenvalue weighted by Crippen LogP contribution is 2.16. The van der Waals surface area contributed by atoms with Crippen LogP contribution in [0, 0.1) is 10.1 Å². The molecule has 0 bridgehead atoms. The Bertz CT molecular complexity index is 1480. The Kier molecular flexibility index (Phi) is 4.81. The average molecular weight is 424 g/mol. The summed E-state index contributed by atoms with van der Waals surface area (Å²) in [5.74, 6) is -0.298. The number of fused-ring (bicyclic) bond motifs is 3. The number of carbonyl (C=O) groups excluding carboxylic acids is 1. The van der Waals surface area contributed by atoms with Gasteiger partial charge in [-0.25, -0.2) is 4.79 Å². The first-order valence-corrected chi connectivity index (χ1v) is 9.20. The molecule has 12 heteroatoms. The number of ether oxygens (including phenoxy) is 1. The fraction of sp³-hybridized carbons (Fsp3) is 0.211. The molecule has 0 unspecified atom stereocenters. The number of para-hydroxylation sites is 1. The zero-order chi connectivity index (χ0) is 22.3. The molecule has 158 valence electrons. The average Bonchev–Trinajstić information content (AvgIpc) is 3.18. The smallest absolute Gasteiger partial charge is 0.339 e. The van der Waals surface area contributed by atoms with Crippen LogP contribution in [-0.2, 0) is 17.8 Å². The molecule has 0 spiro atoms. The molecule has 0 amide bonds. The van der Waals surface area contributed by atoms with Crippen molar-refractivity contribution in [2.24, 2.45) is 0 Å². The number of aryl methyl sites for hydroxylation is 1. The van der Waals surface area contributed by atoms with Gasteiger partial charge in [-0.1, -0.05) is 12.1 Å². The molecule has 0 atom stereocenters. The van der Waals surface area contributed by atoms with Crippen molar-refractivity contribution in [1.82, 2.24) is 23.7 Å². The Balaban J connectivity index is 1.98. The van der Waals surface area contributed by atoms with Crippen LogP contribution in [0.5, 0.6) is 0 Å². The van der Waals surface area contributed by atoms with Gasteiger partial charge in [0.05, 0.1) is 35.0 Å². The quantitative estimate of drug-likeness (QED) is 0.262. The molecule has 0 aliphatic carbocycles. The molecule has 0 N–H and O–H groups in total. The third kappa shape index (κ3) is 3.13. The fourth-order valence-electron chi connectivity index (χ4n) is 3.45.